The molecule has 26 heavy (non-hydrogen) atoms. The third kappa shape index (κ3) is 4.30. The van der Waals surface area contributed by atoms with E-state index in [1.54, 1.807) is 43.4 Å². The number of nitrogens with one attached hydrogen (secondary N) is 2. The molecule has 1 saturated heterocycles. The molecule has 0 bridgehead atoms. The number of anilines is 1. The van der Waals surface area contributed by atoms with Crippen molar-refractivity contribution >= 4 is 17.5 Å². The molecule has 2 N–H and O–H groups in total. The first-order valence-electron chi connectivity index (χ1n) is 8.78. The molecule has 7 nitrogen and oxygen atoms in total. The summed E-state index contributed by atoms with van der Waals surface area (Å²) in [6.45, 7) is 5.34. The lowest BCUT2D eigenvalue weighted by Crippen LogP contribution is -2.46. The molecule has 138 valence electrons. The first-order chi connectivity index (χ1) is 12.7. The van der Waals surface area contributed by atoms with Crippen LogP contribution in [0.15, 0.2) is 47.1 Å². The highest BCUT2D eigenvalue weighted by atomic mass is 16.3. The van der Waals surface area contributed by atoms with Crippen LogP contribution in [0.3, 0.4) is 0 Å². The van der Waals surface area contributed by atoms with Gasteiger partial charge in [0.15, 0.2) is 5.76 Å². The van der Waals surface area contributed by atoms with E-state index < -0.39 is 0 Å². The minimum absolute atomic E-state index is 0.185. The molecule has 3 rings (SSSR count). The van der Waals surface area contributed by atoms with Crippen molar-refractivity contribution in [1.29, 1.82) is 0 Å². The molecule has 1 fully saturated rings. The molecule has 1 aliphatic heterocycles. The lowest BCUT2D eigenvalue weighted by molar-refractivity contribution is 0.0947. The number of amides is 2. The monoisotopic (exact) mass is 356 g/mol. The lowest BCUT2D eigenvalue weighted by atomic mass is 10.1. The van der Waals surface area contributed by atoms with Gasteiger partial charge in [-0.25, -0.2) is 0 Å². The zero-order valence-corrected chi connectivity index (χ0v) is 14.9. The summed E-state index contributed by atoms with van der Waals surface area (Å²) >= 11 is 0. The summed E-state index contributed by atoms with van der Waals surface area (Å²) < 4.78 is 5.17. The van der Waals surface area contributed by atoms with Gasteiger partial charge in [0.1, 0.15) is 0 Å². The summed E-state index contributed by atoms with van der Waals surface area (Å²) in [6.07, 6.45) is 1.45. The number of rotatable bonds is 6. The predicted molar refractivity (Wildman–Crippen MR) is 99.5 cm³/mol. The molecular weight excluding hydrogens is 332 g/mol. The number of nitrogens with zero attached hydrogens (tertiary/aromatic N) is 2. The molecule has 0 spiro atoms. The molecule has 0 atom stereocenters. The van der Waals surface area contributed by atoms with E-state index in [4.69, 9.17) is 4.42 Å². The van der Waals surface area contributed by atoms with Gasteiger partial charge in [0.2, 0.25) is 0 Å². The number of carbonyl (C=O) groups excluding carboxylic acids is 2. The van der Waals surface area contributed by atoms with Crippen LogP contribution >= 0.6 is 0 Å². The van der Waals surface area contributed by atoms with E-state index in [9.17, 15) is 9.59 Å². The zero-order valence-electron chi connectivity index (χ0n) is 14.9. The van der Waals surface area contributed by atoms with Gasteiger partial charge in [-0.2, -0.15) is 0 Å². The normalized spacial score (nSPS) is 14.8. The fourth-order valence-electron chi connectivity index (χ4n) is 2.99. The average Bonchev–Trinajstić information content (AvgIpc) is 3.22. The molecule has 1 aromatic carbocycles. The van der Waals surface area contributed by atoms with Gasteiger partial charge in [0, 0.05) is 46.3 Å². The highest BCUT2D eigenvalue weighted by molar-refractivity contribution is 6.09. The van der Waals surface area contributed by atoms with Gasteiger partial charge in [0.25, 0.3) is 11.8 Å². The van der Waals surface area contributed by atoms with Crippen molar-refractivity contribution in [2.24, 2.45) is 0 Å². The number of furan rings is 1. The minimum Gasteiger partial charge on any atom is -0.459 e. The Labute approximate surface area is 153 Å². The number of carbonyl (C=O) groups is 2. The largest absolute Gasteiger partial charge is 0.459 e. The molecule has 2 aromatic rings. The second kappa shape index (κ2) is 8.64. The van der Waals surface area contributed by atoms with Gasteiger partial charge in [-0.1, -0.05) is 12.1 Å². The minimum atomic E-state index is -0.295. The van der Waals surface area contributed by atoms with E-state index in [-0.39, 0.29) is 17.6 Å². The van der Waals surface area contributed by atoms with Gasteiger partial charge in [-0.15, -0.1) is 0 Å². The van der Waals surface area contributed by atoms with E-state index in [0.717, 1.165) is 32.7 Å². The Balaban J connectivity index is 1.64. The molecule has 2 heterocycles. The topological polar surface area (TPSA) is 77.8 Å². The number of hydrogen-bond donors (Lipinski definition) is 2. The van der Waals surface area contributed by atoms with Crippen LogP contribution in [0, 0.1) is 0 Å². The molecule has 1 aliphatic rings. The Morgan fingerprint density at radius 2 is 1.96 bits per heavy atom. The molecule has 2 amide bonds. The van der Waals surface area contributed by atoms with Crippen molar-refractivity contribution < 1.29 is 14.0 Å². The summed E-state index contributed by atoms with van der Waals surface area (Å²) in [7, 11) is 1.64. The zero-order chi connectivity index (χ0) is 18.4. The Bertz CT molecular complexity index is 739. The quantitative estimate of drug-likeness (QED) is 0.813. The Hall–Kier alpha value is -2.64. The van der Waals surface area contributed by atoms with Crippen molar-refractivity contribution in [2.45, 2.75) is 0 Å². The first kappa shape index (κ1) is 18.2. The maximum atomic E-state index is 12.6. The standard InChI is InChI=1S/C19H24N4O3/c1-22(19(25)17-7-4-14-26-17)16-6-3-2-5-15(16)18(24)21-10-13-23-11-8-20-9-12-23/h2-7,14,20H,8-13H2,1H3,(H,21,24). The van der Waals surface area contributed by atoms with E-state index >= 15 is 0 Å². The summed E-state index contributed by atoms with van der Waals surface area (Å²) in [4.78, 5) is 28.9. The lowest BCUT2D eigenvalue weighted by Gasteiger charge is -2.27. The number of piperazine rings is 1. The number of benzene rings is 1. The van der Waals surface area contributed by atoms with Crippen LogP contribution in [-0.2, 0) is 0 Å². The first-order valence-corrected chi connectivity index (χ1v) is 8.78. The highest BCUT2D eigenvalue weighted by Gasteiger charge is 2.21. The fraction of sp³-hybridized carbons (Fsp3) is 0.368. The van der Waals surface area contributed by atoms with Gasteiger partial charge in [-0.3, -0.25) is 14.5 Å². The van der Waals surface area contributed by atoms with Crippen molar-refractivity contribution in [1.82, 2.24) is 15.5 Å². The van der Waals surface area contributed by atoms with Crippen molar-refractivity contribution in [3.05, 3.63) is 54.0 Å². The molecule has 1 aromatic heterocycles. The average molecular weight is 356 g/mol. The third-order valence-corrected chi connectivity index (χ3v) is 4.47. The molecule has 0 radical (unpaired) electrons. The van der Waals surface area contributed by atoms with Gasteiger partial charge in [-0.05, 0) is 24.3 Å². The van der Waals surface area contributed by atoms with Crippen LogP contribution in [0.25, 0.3) is 0 Å². The molecule has 0 aliphatic carbocycles. The summed E-state index contributed by atoms with van der Waals surface area (Å²) in [6, 6.07) is 10.3. The SMILES string of the molecule is CN(C(=O)c1ccco1)c1ccccc1C(=O)NCCN1CCNCC1. The van der Waals surface area contributed by atoms with E-state index in [2.05, 4.69) is 15.5 Å². The van der Waals surface area contributed by atoms with Crippen LogP contribution in [0.2, 0.25) is 0 Å². The smallest absolute Gasteiger partial charge is 0.293 e. The van der Waals surface area contributed by atoms with Gasteiger partial charge < -0.3 is 20.0 Å². The molecule has 7 heteroatoms. The Kier molecular flexibility index (Phi) is 6.04. The van der Waals surface area contributed by atoms with E-state index in [0.29, 0.717) is 17.8 Å². The maximum Gasteiger partial charge on any atom is 0.293 e. The maximum absolute atomic E-state index is 12.6. The summed E-state index contributed by atoms with van der Waals surface area (Å²) in [5, 5.41) is 6.26. The summed E-state index contributed by atoms with van der Waals surface area (Å²) in [5.74, 6) is -0.243. The van der Waals surface area contributed by atoms with Crippen molar-refractivity contribution in [2.75, 3.05) is 51.2 Å². The highest BCUT2D eigenvalue weighted by Crippen LogP contribution is 2.21. The van der Waals surface area contributed by atoms with Crippen LogP contribution < -0.4 is 15.5 Å². The van der Waals surface area contributed by atoms with Crippen LogP contribution in [0.1, 0.15) is 20.9 Å². The van der Waals surface area contributed by atoms with Gasteiger partial charge in [0.05, 0.1) is 17.5 Å². The third-order valence-electron chi connectivity index (χ3n) is 4.47. The van der Waals surface area contributed by atoms with Crippen LogP contribution in [0.4, 0.5) is 5.69 Å². The Morgan fingerprint density at radius 1 is 1.19 bits per heavy atom. The second-order valence-electron chi connectivity index (χ2n) is 6.21. The van der Waals surface area contributed by atoms with Crippen LogP contribution in [-0.4, -0.2) is 63.0 Å². The number of para-hydroxylation sites is 1. The van der Waals surface area contributed by atoms with E-state index in [1.165, 1.54) is 11.2 Å². The van der Waals surface area contributed by atoms with Gasteiger partial charge >= 0.3 is 0 Å². The van der Waals surface area contributed by atoms with E-state index in [1.807, 2.05) is 0 Å². The van der Waals surface area contributed by atoms with Crippen LogP contribution in [0.5, 0.6) is 0 Å². The predicted octanol–water partition coefficient (Wildman–Crippen LogP) is 1.19. The van der Waals surface area contributed by atoms with Crippen molar-refractivity contribution in [3.8, 4) is 0 Å². The second-order valence-corrected chi connectivity index (χ2v) is 6.21. The fourth-order valence-corrected chi connectivity index (χ4v) is 2.99. The Morgan fingerprint density at radius 3 is 2.69 bits per heavy atom. The number of hydrogen-bond acceptors (Lipinski definition) is 5. The molecule has 0 saturated carbocycles. The van der Waals surface area contributed by atoms with Crippen molar-refractivity contribution in [3.63, 3.8) is 0 Å². The molecular formula is C19H24N4O3. The summed E-state index contributed by atoms with van der Waals surface area (Å²) in [5.41, 5.74) is 1.02. The molecule has 0 unspecified atom stereocenters.